The van der Waals surface area contributed by atoms with E-state index in [9.17, 15) is 18.0 Å². The monoisotopic (exact) mass is 427 g/mol. The highest BCUT2D eigenvalue weighted by Gasteiger charge is 2.31. The molecule has 0 aliphatic carbocycles. The Bertz CT molecular complexity index is 809. The summed E-state index contributed by atoms with van der Waals surface area (Å²) in [5, 5.41) is 2.88. The lowest BCUT2D eigenvalue weighted by Crippen LogP contribution is -2.51. The topological polar surface area (TPSA) is 105 Å². The first-order valence-electron chi connectivity index (χ1n) is 9.50. The van der Waals surface area contributed by atoms with Crippen LogP contribution in [-0.2, 0) is 24.3 Å². The smallest absolute Gasteiger partial charge is 0.410 e. The number of carbonyl (C=O) groups excluding carboxylic acids is 2. The number of piperazine rings is 1. The number of nitrogens with one attached hydrogen (secondary N) is 1. The van der Waals surface area contributed by atoms with Gasteiger partial charge in [-0.15, -0.1) is 0 Å². The largest absolute Gasteiger partial charge is 0.465 e. The van der Waals surface area contributed by atoms with Crippen molar-refractivity contribution in [3.05, 3.63) is 24.3 Å². The van der Waals surface area contributed by atoms with Gasteiger partial charge in [0.2, 0.25) is 10.0 Å². The molecule has 1 heterocycles. The lowest BCUT2D eigenvalue weighted by atomic mass is 10.2. The Morgan fingerprint density at radius 2 is 1.66 bits per heavy atom. The normalized spacial score (nSPS) is 15.7. The van der Waals surface area contributed by atoms with E-state index in [4.69, 9.17) is 9.47 Å². The predicted molar refractivity (Wildman–Crippen MR) is 108 cm³/mol. The van der Waals surface area contributed by atoms with Gasteiger partial charge in [-0.2, -0.15) is 4.31 Å². The van der Waals surface area contributed by atoms with Crippen molar-refractivity contribution in [3.8, 4) is 0 Å². The van der Waals surface area contributed by atoms with Gasteiger partial charge in [0, 0.05) is 31.9 Å². The number of benzene rings is 1. The number of hydrogen-bond acceptors (Lipinski definition) is 7. The van der Waals surface area contributed by atoms with Crippen LogP contribution in [0.3, 0.4) is 0 Å². The molecule has 0 spiro atoms. The van der Waals surface area contributed by atoms with Crippen molar-refractivity contribution < 1.29 is 27.5 Å². The highest BCUT2D eigenvalue weighted by molar-refractivity contribution is 7.89. The number of anilines is 1. The SMILES string of the molecule is CCOC(=O)CNc1ccc(S(=O)(=O)N2CCN(C(=O)OC(C)(C)C)CC2)cc1. The van der Waals surface area contributed by atoms with Gasteiger partial charge in [-0.1, -0.05) is 0 Å². The average molecular weight is 428 g/mol. The molecule has 1 aliphatic rings. The van der Waals surface area contributed by atoms with E-state index in [1.807, 2.05) is 0 Å². The summed E-state index contributed by atoms with van der Waals surface area (Å²) in [7, 11) is -3.67. The lowest BCUT2D eigenvalue weighted by molar-refractivity contribution is -0.140. The number of hydrogen-bond donors (Lipinski definition) is 1. The highest BCUT2D eigenvalue weighted by atomic mass is 32.2. The van der Waals surface area contributed by atoms with Gasteiger partial charge in [0.15, 0.2) is 0 Å². The van der Waals surface area contributed by atoms with Crippen LogP contribution in [0.5, 0.6) is 0 Å². The fourth-order valence-corrected chi connectivity index (χ4v) is 4.14. The fourth-order valence-electron chi connectivity index (χ4n) is 2.72. The van der Waals surface area contributed by atoms with Crippen molar-refractivity contribution in [2.75, 3.05) is 44.6 Å². The molecule has 0 radical (unpaired) electrons. The number of ether oxygens (including phenoxy) is 2. The molecule has 9 nitrogen and oxygen atoms in total. The Labute approximate surface area is 172 Å². The number of sulfonamides is 1. The van der Waals surface area contributed by atoms with Crippen molar-refractivity contribution in [2.45, 2.75) is 38.2 Å². The van der Waals surface area contributed by atoms with Crippen molar-refractivity contribution in [3.63, 3.8) is 0 Å². The minimum atomic E-state index is -3.67. The number of rotatable bonds is 6. The summed E-state index contributed by atoms with van der Waals surface area (Å²) in [6.07, 6.45) is -0.438. The number of amides is 1. The maximum Gasteiger partial charge on any atom is 0.410 e. The first-order valence-corrected chi connectivity index (χ1v) is 10.9. The first-order chi connectivity index (χ1) is 13.5. The summed E-state index contributed by atoms with van der Waals surface area (Å²) in [4.78, 5) is 25.2. The fraction of sp³-hybridized carbons (Fsp3) is 0.579. The third-order valence-electron chi connectivity index (χ3n) is 4.12. The molecule has 1 aromatic rings. The zero-order chi connectivity index (χ0) is 21.7. The standard InChI is InChI=1S/C19H29N3O6S/c1-5-27-17(23)14-20-15-6-8-16(9-7-15)29(25,26)22-12-10-21(11-13-22)18(24)28-19(2,3)4/h6-9,20H,5,10-14H2,1-4H3. The van der Waals surface area contributed by atoms with Crippen LogP contribution in [0.15, 0.2) is 29.2 Å². The van der Waals surface area contributed by atoms with E-state index in [1.54, 1.807) is 39.8 Å². The molecule has 1 fully saturated rings. The molecule has 29 heavy (non-hydrogen) atoms. The Balaban J connectivity index is 1.94. The molecule has 1 aliphatic heterocycles. The second-order valence-electron chi connectivity index (χ2n) is 7.55. The third-order valence-corrected chi connectivity index (χ3v) is 6.04. The maximum atomic E-state index is 12.9. The molecule has 10 heteroatoms. The quantitative estimate of drug-likeness (QED) is 0.691. The van der Waals surface area contributed by atoms with E-state index < -0.39 is 21.7 Å². The first kappa shape index (κ1) is 23.0. The van der Waals surface area contributed by atoms with E-state index in [0.717, 1.165) is 0 Å². The molecule has 162 valence electrons. The summed E-state index contributed by atoms with van der Waals surface area (Å²) in [6, 6.07) is 6.18. The summed E-state index contributed by atoms with van der Waals surface area (Å²) in [6.45, 7) is 8.34. The van der Waals surface area contributed by atoms with Crippen LogP contribution in [0.25, 0.3) is 0 Å². The van der Waals surface area contributed by atoms with E-state index >= 15 is 0 Å². The van der Waals surface area contributed by atoms with E-state index in [0.29, 0.717) is 12.3 Å². The molecule has 0 saturated carbocycles. The molecule has 0 bridgehead atoms. The Morgan fingerprint density at radius 3 is 2.17 bits per heavy atom. The summed E-state index contributed by atoms with van der Waals surface area (Å²) >= 11 is 0. The maximum absolute atomic E-state index is 12.9. The molecular weight excluding hydrogens is 398 g/mol. The van der Waals surface area contributed by atoms with E-state index in [1.165, 1.54) is 21.3 Å². The van der Waals surface area contributed by atoms with Crippen molar-refractivity contribution in [1.82, 2.24) is 9.21 Å². The second-order valence-corrected chi connectivity index (χ2v) is 9.49. The van der Waals surface area contributed by atoms with Gasteiger partial charge in [0.05, 0.1) is 11.5 Å². The Kier molecular flexibility index (Phi) is 7.48. The molecule has 0 atom stereocenters. The van der Waals surface area contributed by atoms with Crippen LogP contribution in [0.1, 0.15) is 27.7 Å². The number of carbonyl (C=O) groups is 2. The van der Waals surface area contributed by atoms with E-state index in [-0.39, 0.29) is 43.6 Å². The zero-order valence-corrected chi connectivity index (χ0v) is 18.1. The average Bonchev–Trinajstić information content (AvgIpc) is 2.66. The van der Waals surface area contributed by atoms with Crippen LogP contribution in [0.4, 0.5) is 10.5 Å². The van der Waals surface area contributed by atoms with Gasteiger partial charge in [-0.25, -0.2) is 13.2 Å². The van der Waals surface area contributed by atoms with Crippen molar-refractivity contribution >= 4 is 27.8 Å². The van der Waals surface area contributed by atoms with Crippen LogP contribution in [-0.4, -0.2) is 74.6 Å². The van der Waals surface area contributed by atoms with Crippen LogP contribution >= 0.6 is 0 Å². The third kappa shape index (κ3) is 6.60. The minimum Gasteiger partial charge on any atom is -0.465 e. The van der Waals surface area contributed by atoms with Gasteiger partial charge >= 0.3 is 12.1 Å². The lowest BCUT2D eigenvalue weighted by Gasteiger charge is -2.35. The molecule has 1 amide bonds. The Morgan fingerprint density at radius 1 is 1.07 bits per heavy atom. The zero-order valence-electron chi connectivity index (χ0n) is 17.3. The summed E-state index contributed by atoms with van der Waals surface area (Å²) < 4.78 is 37.2. The predicted octanol–water partition coefficient (Wildman–Crippen LogP) is 1.90. The molecule has 1 aromatic carbocycles. The highest BCUT2D eigenvalue weighted by Crippen LogP contribution is 2.20. The summed E-state index contributed by atoms with van der Waals surface area (Å²) in [5.74, 6) is -0.382. The number of esters is 1. The van der Waals surface area contributed by atoms with Gasteiger partial charge in [-0.3, -0.25) is 4.79 Å². The van der Waals surface area contributed by atoms with Gasteiger partial charge in [0.1, 0.15) is 12.1 Å². The van der Waals surface area contributed by atoms with Gasteiger partial charge in [0.25, 0.3) is 0 Å². The van der Waals surface area contributed by atoms with Crippen LogP contribution in [0.2, 0.25) is 0 Å². The van der Waals surface area contributed by atoms with Gasteiger partial charge in [-0.05, 0) is 52.0 Å². The number of nitrogens with zero attached hydrogens (tertiary/aromatic N) is 2. The van der Waals surface area contributed by atoms with Gasteiger partial charge < -0.3 is 19.7 Å². The molecule has 1 saturated heterocycles. The van der Waals surface area contributed by atoms with Crippen LogP contribution < -0.4 is 5.32 Å². The second kappa shape index (κ2) is 9.45. The molecule has 1 N–H and O–H groups in total. The molecule has 0 aromatic heterocycles. The Hall–Kier alpha value is -2.33. The molecule has 0 unspecified atom stereocenters. The van der Waals surface area contributed by atoms with Crippen LogP contribution in [0, 0.1) is 0 Å². The van der Waals surface area contributed by atoms with Crippen molar-refractivity contribution in [1.29, 1.82) is 0 Å². The molecular formula is C19H29N3O6S. The molecule has 2 rings (SSSR count). The minimum absolute atomic E-state index is 0.00651. The van der Waals surface area contributed by atoms with E-state index in [2.05, 4.69) is 5.32 Å². The van der Waals surface area contributed by atoms with Crippen molar-refractivity contribution in [2.24, 2.45) is 0 Å². The summed E-state index contributed by atoms with van der Waals surface area (Å²) in [5.41, 5.74) is 0.0235.